The summed E-state index contributed by atoms with van der Waals surface area (Å²) in [7, 11) is 0. The summed E-state index contributed by atoms with van der Waals surface area (Å²) in [6.07, 6.45) is 23.6. The van der Waals surface area contributed by atoms with Crippen LogP contribution in [0.4, 0.5) is 0 Å². The van der Waals surface area contributed by atoms with Crippen molar-refractivity contribution in [2.45, 2.75) is 123 Å². The molecule has 0 aromatic heterocycles. The van der Waals surface area contributed by atoms with Gasteiger partial charge < -0.3 is 5.11 Å². The number of unbranched alkanes of at least 4 members (excludes halogenated alkanes) is 14. The highest BCUT2D eigenvalue weighted by molar-refractivity contribution is 4.52. The molecule has 0 aromatic carbocycles. The zero-order valence-corrected chi connectivity index (χ0v) is 15.8. The third-order valence-electron chi connectivity index (χ3n) is 5.05. The van der Waals surface area contributed by atoms with E-state index in [4.69, 9.17) is 5.11 Å². The second kappa shape index (κ2) is 19.0. The number of hydrogen-bond donors (Lipinski definition) is 1. The van der Waals surface area contributed by atoms with Gasteiger partial charge in [-0.3, -0.25) is 0 Å². The summed E-state index contributed by atoms with van der Waals surface area (Å²) in [5, 5.41) is 8.70. The van der Waals surface area contributed by atoms with Gasteiger partial charge in [-0.15, -0.1) is 0 Å². The lowest BCUT2D eigenvalue weighted by Crippen LogP contribution is -1.91. The SMILES string of the molecule is CCC(C)CCCCCCCCCCCCCCCCCO. The Morgan fingerprint density at radius 2 is 0.864 bits per heavy atom. The first-order valence-corrected chi connectivity index (χ1v) is 10.4. The summed E-state index contributed by atoms with van der Waals surface area (Å²) in [4.78, 5) is 0. The third-order valence-corrected chi connectivity index (χ3v) is 5.05. The Kier molecular flexibility index (Phi) is 19.0. The van der Waals surface area contributed by atoms with Crippen molar-refractivity contribution in [2.24, 2.45) is 5.92 Å². The molecular formula is C21H44O. The van der Waals surface area contributed by atoms with Crippen molar-refractivity contribution in [1.29, 1.82) is 0 Å². The molecule has 22 heavy (non-hydrogen) atoms. The topological polar surface area (TPSA) is 20.2 Å². The van der Waals surface area contributed by atoms with Crippen LogP contribution in [0, 0.1) is 5.92 Å². The van der Waals surface area contributed by atoms with Gasteiger partial charge in [-0.25, -0.2) is 0 Å². The summed E-state index contributed by atoms with van der Waals surface area (Å²) >= 11 is 0. The molecule has 0 saturated heterocycles. The maximum absolute atomic E-state index is 8.70. The fourth-order valence-corrected chi connectivity index (χ4v) is 3.11. The highest BCUT2D eigenvalue weighted by Gasteiger charge is 1.98. The minimum atomic E-state index is 0.373. The van der Waals surface area contributed by atoms with E-state index < -0.39 is 0 Å². The monoisotopic (exact) mass is 312 g/mol. The van der Waals surface area contributed by atoms with Crippen LogP contribution in [0.25, 0.3) is 0 Å². The molecule has 0 radical (unpaired) electrons. The van der Waals surface area contributed by atoms with Crippen LogP contribution in [0.5, 0.6) is 0 Å². The molecule has 0 aliphatic rings. The van der Waals surface area contributed by atoms with Gasteiger partial charge in [0.05, 0.1) is 0 Å². The smallest absolute Gasteiger partial charge is 0.0431 e. The zero-order chi connectivity index (χ0) is 16.3. The van der Waals surface area contributed by atoms with E-state index >= 15 is 0 Å². The van der Waals surface area contributed by atoms with Crippen molar-refractivity contribution in [3.63, 3.8) is 0 Å². The van der Waals surface area contributed by atoms with Crippen molar-refractivity contribution in [3.05, 3.63) is 0 Å². The fraction of sp³-hybridized carbons (Fsp3) is 1.00. The van der Waals surface area contributed by atoms with Crippen molar-refractivity contribution >= 4 is 0 Å². The molecule has 1 unspecified atom stereocenters. The average Bonchev–Trinajstić information content (AvgIpc) is 2.54. The minimum absolute atomic E-state index is 0.373. The Hall–Kier alpha value is -0.0400. The second-order valence-electron chi connectivity index (χ2n) is 7.33. The van der Waals surface area contributed by atoms with Crippen molar-refractivity contribution in [2.75, 3.05) is 6.61 Å². The Morgan fingerprint density at radius 3 is 1.18 bits per heavy atom. The molecule has 0 spiro atoms. The standard InChI is InChI=1S/C21H44O/c1-3-21(2)19-17-15-13-11-9-7-5-4-6-8-10-12-14-16-18-20-22/h21-22H,3-20H2,1-2H3. The summed E-state index contributed by atoms with van der Waals surface area (Å²) < 4.78 is 0. The van der Waals surface area contributed by atoms with Gasteiger partial charge in [0, 0.05) is 6.61 Å². The average molecular weight is 313 g/mol. The molecule has 0 aromatic rings. The number of rotatable bonds is 18. The van der Waals surface area contributed by atoms with Gasteiger partial charge in [-0.1, -0.05) is 117 Å². The molecule has 0 fully saturated rings. The molecule has 0 amide bonds. The molecule has 1 heteroatoms. The van der Waals surface area contributed by atoms with Crippen molar-refractivity contribution in [1.82, 2.24) is 0 Å². The molecule has 0 heterocycles. The van der Waals surface area contributed by atoms with Gasteiger partial charge >= 0.3 is 0 Å². The molecule has 1 N–H and O–H groups in total. The largest absolute Gasteiger partial charge is 0.396 e. The maximum Gasteiger partial charge on any atom is 0.0431 e. The third kappa shape index (κ3) is 18.0. The Balaban J connectivity index is 2.97. The summed E-state index contributed by atoms with van der Waals surface area (Å²) in [6, 6.07) is 0. The Bertz CT molecular complexity index is 190. The van der Waals surface area contributed by atoms with E-state index in [1.165, 1.54) is 103 Å². The van der Waals surface area contributed by atoms with E-state index in [1.54, 1.807) is 0 Å². The van der Waals surface area contributed by atoms with Crippen molar-refractivity contribution in [3.8, 4) is 0 Å². The van der Waals surface area contributed by atoms with Crippen LogP contribution in [-0.2, 0) is 0 Å². The van der Waals surface area contributed by atoms with Crippen LogP contribution in [0.15, 0.2) is 0 Å². The first-order valence-electron chi connectivity index (χ1n) is 10.4. The quantitative estimate of drug-likeness (QED) is 0.264. The van der Waals surface area contributed by atoms with Crippen LogP contribution in [0.2, 0.25) is 0 Å². The van der Waals surface area contributed by atoms with Gasteiger partial charge in [0.1, 0.15) is 0 Å². The highest BCUT2D eigenvalue weighted by Crippen LogP contribution is 2.15. The minimum Gasteiger partial charge on any atom is -0.396 e. The summed E-state index contributed by atoms with van der Waals surface area (Å²) in [6.45, 7) is 5.06. The first kappa shape index (κ1) is 22.0. The lowest BCUT2D eigenvalue weighted by atomic mass is 9.99. The van der Waals surface area contributed by atoms with Gasteiger partial charge in [0.2, 0.25) is 0 Å². The van der Waals surface area contributed by atoms with Crippen LogP contribution in [-0.4, -0.2) is 11.7 Å². The predicted octanol–water partition coefficient (Wildman–Crippen LogP) is 7.27. The van der Waals surface area contributed by atoms with Gasteiger partial charge in [-0.05, 0) is 12.3 Å². The predicted molar refractivity (Wildman–Crippen MR) is 100 cm³/mol. The molecule has 0 rings (SSSR count). The van der Waals surface area contributed by atoms with Gasteiger partial charge in [0.25, 0.3) is 0 Å². The molecule has 134 valence electrons. The lowest BCUT2D eigenvalue weighted by molar-refractivity contribution is 0.282. The molecule has 1 nitrogen and oxygen atoms in total. The van der Waals surface area contributed by atoms with Crippen LogP contribution in [0.1, 0.15) is 123 Å². The zero-order valence-electron chi connectivity index (χ0n) is 15.8. The van der Waals surface area contributed by atoms with E-state index in [-0.39, 0.29) is 0 Å². The molecule has 1 atom stereocenters. The van der Waals surface area contributed by atoms with E-state index in [1.807, 2.05) is 0 Å². The number of aliphatic hydroxyl groups excluding tert-OH is 1. The molecule has 0 saturated carbocycles. The van der Waals surface area contributed by atoms with Crippen LogP contribution < -0.4 is 0 Å². The van der Waals surface area contributed by atoms with Crippen LogP contribution in [0.3, 0.4) is 0 Å². The van der Waals surface area contributed by atoms with Crippen molar-refractivity contribution < 1.29 is 5.11 Å². The molecule has 0 bridgehead atoms. The van der Waals surface area contributed by atoms with Gasteiger partial charge in [-0.2, -0.15) is 0 Å². The fourth-order valence-electron chi connectivity index (χ4n) is 3.11. The first-order chi connectivity index (χ1) is 10.8. The van der Waals surface area contributed by atoms with Crippen LogP contribution >= 0.6 is 0 Å². The number of hydrogen-bond acceptors (Lipinski definition) is 1. The Labute approximate surface area is 141 Å². The summed E-state index contributed by atoms with van der Waals surface area (Å²) in [5.41, 5.74) is 0. The molecular weight excluding hydrogens is 268 g/mol. The van der Waals surface area contributed by atoms with E-state index in [9.17, 15) is 0 Å². The van der Waals surface area contributed by atoms with E-state index in [0.717, 1.165) is 12.3 Å². The summed E-state index contributed by atoms with van der Waals surface area (Å²) in [5.74, 6) is 0.940. The second-order valence-corrected chi connectivity index (χ2v) is 7.33. The van der Waals surface area contributed by atoms with E-state index in [0.29, 0.717) is 6.61 Å². The number of aliphatic hydroxyl groups is 1. The lowest BCUT2D eigenvalue weighted by Gasteiger charge is -2.07. The maximum atomic E-state index is 8.70. The molecule has 0 aliphatic carbocycles. The molecule has 0 aliphatic heterocycles. The highest BCUT2D eigenvalue weighted by atomic mass is 16.2. The Morgan fingerprint density at radius 1 is 0.545 bits per heavy atom. The normalized spacial score (nSPS) is 12.7. The van der Waals surface area contributed by atoms with Gasteiger partial charge in [0.15, 0.2) is 0 Å². The van der Waals surface area contributed by atoms with E-state index in [2.05, 4.69) is 13.8 Å².